The van der Waals surface area contributed by atoms with Crippen molar-refractivity contribution in [1.82, 2.24) is 10.2 Å². The Morgan fingerprint density at radius 2 is 2.04 bits per heavy atom. The number of benzene rings is 1. The van der Waals surface area contributed by atoms with Gasteiger partial charge in [-0.15, -0.1) is 0 Å². The number of nitrogens with zero attached hydrogens (tertiary/aromatic N) is 2. The van der Waals surface area contributed by atoms with Crippen LogP contribution in [-0.4, -0.2) is 60.4 Å². The first-order valence-electron chi connectivity index (χ1n) is 8.11. The molecule has 2 heterocycles. The normalized spacial score (nSPS) is 22.5. The maximum atomic E-state index is 12.6. The number of piperazine rings is 1. The maximum Gasteiger partial charge on any atom is 0.246 e. The summed E-state index contributed by atoms with van der Waals surface area (Å²) in [5, 5.41) is 2.86. The van der Waals surface area contributed by atoms with Crippen LogP contribution in [0.2, 0.25) is 0 Å². The van der Waals surface area contributed by atoms with Crippen LogP contribution < -0.4 is 10.2 Å². The summed E-state index contributed by atoms with van der Waals surface area (Å²) in [5.41, 5.74) is 2.47. The summed E-state index contributed by atoms with van der Waals surface area (Å²) in [7, 11) is 0. The lowest BCUT2D eigenvalue weighted by Gasteiger charge is -2.37. The van der Waals surface area contributed by atoms with E-state index in [1.54, 1.807) is 11.8 Å². The fraction of sp³-hybridized carbons (Fsp3) is 0.529. The van der Waals surface area contributed by atoms with Crippen LogP contribution in [0.1, 0.15) is 12.0 Å². The second-order valence-corrected chi connectivity index (χ2v) is 7.25. The highest BCUT2D eigenvalue weighted by Crippen LogP contribution is 2.19. The highest BCUT2D eigenvalue weighted by atomic mass is 32.2. The Labute approximate surface area is 141 Å². The summed E-state index contributed by atoms with van der Waals surface area (Å²) in [6, 6.07) is 8.10. The van der Waals surface area contributed by atoms with E-state index in [0.717, 1.165) is 18.8 Å². The topological polar surface area (TPSA) is 52.7 Å². The summed E-state index contributed by atoms with van der Waals surface area (Å²) < 4.78 is 0. The molecule has 1 unspecified atom stereocenters. The predicted octanol–water partition coefficient (Wildman–Crippen LogP) is 1.27. The van der Waals surface area contributed by atoms with E-state index >= 15 is 0 Å². The second kappa shape index (κ2) is 7.25. The minimum atomic E-state index is -0.361. The predicted molar refractivity (Wildman–Crippen MR) is 93.8 cm³/mol. The second-order valence-electron chi connectivity index (χ2n) is 6.10. The zero-order valence-electron chi connectivity index (χ0n) is 13.5. The molecule has 0 radical (unpaired) electrons. The van der Waals surface area contributed by atoms with E-state index in [0.29, 0.717) is 25.3 Å². The van der Waals surface area contributed by atoms with Crippen molar-refractivity contribution in [3.05, 3.63) is 29.8 Å². The van der Waals surface area contributed by atoms with Gasteiger partial charge in [0.1, 0.15) is 6.04 Å². The molecule has 1 atom stereocenters. The highest BCUT2D eigenvalue weighted by molar-refractivity contribution is 7.99. The third-order valence-corrected chi connectivity index (χ3v) is 5.41. The lowest BCUT2D eigenvalue weighted by atomic mass is 10.2. The third-order valence-electron chi connectivity index (χ3n) is 4.35. The van der Waals surface area contributed by atoms with Crippen molar-refractivity contribution in [3.8, 4) is 0 Å². The molecular weight excluding hydrogens is 310 g/mol. The molecule has 2 aliphatic heterocycles. The van der Waals surface area contributed by atoms with E-state index in [9.17, 15) is 9.59 Å². The van der Waals surface area contributed by atoms with Crippen LogP contribution in [0.15, 0.2) is 24.3 Å². The minimum absolute atomic E-state index is 0.00764. The fourth-order valence-corrected chi connectivity index (χ4v) is 4.00. The molecule has 0 spiro atoms. The van der Waals surface area contributed by atoms with E-state index in [1.165, 1.54) is 11.3 Å². The van der Waals surface area contributed by atoms with E-state index in [2.05, 4.69) is 41.4 Å². The maximum absolute atomic E-state index is 12.6. The molecule has 2 saturated heterocycles. The number of rotatable bonds is 2. The Morgan fingerprint density at radius 3 is 2.78 bits per heavy atom. The molecule has 2 amide bonds. The zero-order valence-corrected chi connectivity index (χ0v) is 14.3. The lowest BCUT2D eigenvalue weighted by molar-refractivity contribution is -0.135. The first kappa shape index (κ1) is 16.2. The van der Waals surface area contributed by atoms with Gasteiger partial charge in [-0.1, -0.05) is 12.1 Å². The summed E-state index contributed by atoms with van der Waals surface area (Å²) in [4.78, 5) is 28.5. The number of anilines is 1. The number of carbonyl (C=O) groups is 2. The Morgan fingerprint density at radius 1 is 1.26 bits per heavy atom. The number of thioether (sulfide) groups is 1. The SMILES string of the molecule is Cc1cccc(N2CCN(C(=O)C3CSCCC(=O)N3)CC2)c1. The van der Waals surface area contributed by atoms with Crippen LogP contribution in [0, 0.1) is 6.92 Å². The van der Waals surface area contributed by atoms with Crippen LogP contribution in [0.5, 0.6) is 0 Å². The quantitative estimate of drug-likeness (QED) is 0.885. The molecule has 2 aliphatic rings. The first-order valence-corrected chi connectivity index (χ1v) is 9.26. The largest absolute Gasteiger partial charge is 0.368 e. The molecule has 0 aliphatic carbocycles. The number of hydrogen-bond acceptors (Lipinski definition) is 4. The summed E-state index contributed by atoms with van der Waals surface area (Å²) in [5.74, 6) is 1.54. The van der Waals surface area contributed by atoms with Gasteiger partial charge in [-0.05, 0) is 24.6 Å². The molecule has 124 valence electrons. The van der Waals surface area contributed by atoms with Gasteiger partial charge in [-0.3, -0.25) is 9.59 Å². The molecular formula is C17H23N3O2S. The van der Waals surface area contributed by atoms with Crippen molar-refractivity contribution in [2.75, 3.05) is 42.6 Å². The molecule has 0 bridgehead atoms. The van der Waals surface area contributed by atoms with Crippen molar-refractivity contribution >= 4 is 29.3 Å². The van der Waals surface area contributed by atoms with Crippen molar-refractivity contribution in [3.63, 3.8) is 0 Å². The molecule has 1 N–H and O–H groups in total. The van der Waals surface area contributed by atoms with Crippen LogP contribution >= 0.6 is 11.8 Å². The number of nitrogens with one attached hydrogen (secondary N) is 1. The Kier molecular flexibility index (Phi) is 5.10. The van der Waals surface area contributed by atoms with E-state index in [4.69, 9.17) is 0 Å². The van der Waals surface area contributed by atoms with Gasteiger partial charge in [0, 0.05) is 49.8 Å². The van der Waals surface area contributed by atoms with Crippen molar-refractivity contribution in [2.24, 2.45) is 0 Å². The van der Waals surface area contributed by atoms with Gasteiger partial charge in [-0.25, -0.2) is 0 Å². The average molecular weight is 333 g/mol. The van der Waals surface area contributed by atoms with E-state index in [1.807, 2.05) is 4.90 Å². The monoisotopic (exact) mass is 333 g/mol. The number of amides is 2. The first-order chi connectivity index (χ1) is 11.1. The molecule has 0 saturated carbocycles. The van der Waals surface area contributed by atoms with Crippen LogP contribution in [-0.2, 0) is 9.59 Å². The highest BCUT2D eigenvalue weighted by Gasteiger charge is 2.29. The Bertz CT molecular complexity index is 585. The minimum Gasteiger partial charge on any atom is -0.368 e. The average Bonchev–Trinajstić information content (AvgIpc) is 2.79. The van der Waals surface area contributed by atoms with Gasteiger partial charge in [0.05, 0.1) is 0 Å². The van der Waals surface area contributed by atoms with Crippen molar-refractivity contribution < 1.29 is 9.59 Å². The van der Waals surface area contributed by atoms with Gasteiger partial charge in [-0.2, -0.15) is 11.8 Å². The molecule has 1 aromatic rings. The lowest BCUT2D eigenvalue weighted by Crippen LogP contribution is -2.55. The molecule has 23 heavy (non-hydrogen) atoms. The molecule has 3 rings (SSSR count). The van der Waals surface area contributed by atoms with E-state index < -0.39 is 0 Å². The number of aryl methyl sites for hydroxylation is 1. The van der Waals surface area contributed by atoms with Gasteiger partial charge >= 0.3 is 0 Å². The standard InChI is InChI=1S/C17H23N3O2S/c1-13-3-2-4-14(11-13)19-6-8-20(9-7-19)17(22)15-12-23-10-5-16(21)18-15/h2-4,11,15H,5-10,12H2,1H3,(H,18,21). The summed E-state index contributed by atoms with van der Waals surface area (Å²) in [6.45, 7) is 5.19. The Hall–Kier alpha value is -1.69. The van der Waals surface area contributed by atoms with Crippen molar-refractivity contribution in [1.29, 1.82) is 0 Å². The van der Waals surface area contributed by atoms with Gasteiger partial charge in [0.15, 0.2) is 0 Å². The smallest absolute Gasteiger partial charge is 0.246 e. The zero-order chi connectivity index (χ0) is 16.2. The summed E-state index contributed by atoms with van der Waals surface area (Å²) in [6.07, 6.45) is 0.510. The fourth-order valence-electron chi connectivity index (χ4n) is 3.04. The van der Waals surface area contributed by atoms with Crippen LogP contribution in [0.25, 0.3) is 0 Å². The van der Waals surface area contributed by atoms with Crippen LogP contribution in [0.4, 0.5) is 5.69 Å². The van der Waals surface area contributed by atoms with Gasteiger partial charge in [0.25, 0.3) is 0 Å². The third kappa shape index (κ3) is 3.99. The Balaban J connectivity index is 1.57. The van der Waals surface area contributed by atoms with Gasteiger partial charge in [0.2, 0.25) is 11.8 Å². The number of carbonyl (C=O) groups excluding carboxylic acids is 2. The van der Waals surface area contributed by atoms with E-state index in [-0.39, 0.29) is 17.9 Å². The molecule has 6 heteroatoms. The molecule has 0 aromatic heterocycles. The summed E-state index contributed by atoms with van der Waals surface area (Å²) >= 11 is 1.68. The van der Waals surface area contributed by atoms with Crippen molar-refractivity contribution in [2.45, 2.75) is 19.4 Å². The van der Waals surface area contributed by atoms with Crippen LogP contribution in [0.3, 0.4) is 0 Å². The molecule has 2 fully saturated rings. The molecule has 5 nitrogen and oxygen atoms in total. The van der Waals surface area contributed by atoms with Gasteiger partial charge < -0.3 is 15.1 Å². The number of hydrogen-bond donors (Lipinski definition) is 1. The molecule has 1 aromatic carbocycles.